The first-order valence-corrected chi connectivity index (χ1v) is 6.26. The molecule has 0 unspecified atom stereocenters. The molecule has 17 heavy (non-hydrogen) atoms. The first-order valence-electron chi connectivity index (χ1n) is 4.85. The maximum Gasteiger partial charge on any atom is 1.00 e. The molecule has 0 spiro atoms. The summed E-state index contributed by atoms with van der Waals surface area (Å²) in [6.45, 7) is 3.67. The van der Waals surface area contributed by atoms with E-state index in [1.54, 1.807) is 19.1 Å². The van der Waals surface area contributed by atoms with Crippen molar-refractivity contribution < 1.29 is 64.4 Å². The van der Waals surface area contributed by atoms with Crippen molar-refractivity contribution in [2.24, 2.45) is 0 Å². The van der Waals surface area contributed by atoms with Crippen LogP contribution in [0.5, 0.6) is 0 Å². The topological polar surface area (TPSA) is 57.2 Å². The molecular weight excluding hydrogens is 263 g/mol. The van der Waals surface area contributed by atoms with Gasteiger partial charge in [-0.15, -0.1) is 0 Å². The molecule has 0 amide bonds. The van der Waals surface area contributed by atoms with Gasteiger partial charge in [0.1, 0.15) is 10.1 Å². The Kier molecular flexibility index (Phi) is 4.94. The molecule has 2 aromatic rings. The van der Waals surface area contributed by atoms with E-state index in [4.69, 9.17) is 0 Å². The van der Waals surface area contributed by atoms with Gasteiger partial charge in [0.2, 0.25) is 0 Å². The van der Waals surface area contributed by atoms with Crippen LogP contribution in [0, 0.1) is 13.8 Å². The Morgan fingerprint density at radius 2 is 1.71 bits per heavy atom. The summed E-state index contributed by atoms with van der Waals surface area (Å²) in [6, 6.07) is 8.61. The predicted molar refractivity (Wildman–Crippen MR) is 61.4 cm³/mol. The van der Waals surface area contributed by atoms with Crippen LogP contribution in [0.1, 0.15) is 11.1 Å². The third-order valence-electron chi connectivity index (χ3n) is 2.59. The Hall–Kier alpha value is 0.246. The first kappa shape index (κ1) is 15.3. The van der Waals surface area contributed by atoms with Crippen LogP contribution in [0.25, 0.3) is 10.8 Å². The zero-order valence-electron chi connectivity index (χ0n) is 10.0. The third kappa shape index (κ3) is 3.17. The second-order valence-electron chi connectivity index (χ2n) is 3.89. The van der Waals surface area contributed by atoms with E-state index in [9.17, 15) is 13.0 Å². The van der Waals surface area contributed by atoms with E-state index in [2.05, 4.69) is 0 Å². The molecular formula is C12H11KO3S. The summed E-state index contributed by atoms with van der Waals surface area (Å²) >= 11 is 0. The van der Waals surface area contributed by atoms with Crippen molar-refractivity contribution in [1.29, 1.82) is 0 Å². The third-order valence-corrected chi connectivity index (χ3v) is 3.47. The molecule has 0 N–H and O–H groups in total. The molecule has 0 aliphatic heterocycles. The van der Waals surface area contributed by atoms with Crippen LogP contribution in [0.2, 0.25) is 0 Å². The molecule has 5 heteroatoms. The summed E-state index contributed by atoms with van der Waals surface area (Å²) in [6.07, 6.45) is 0. The fourth-order valence-corrected chi connectivity index (χ4v) is 2.63. The van der Waals surface area contributed by atoms with Gasteiger partial charge in [0.15, 0.2) is 0 Å². The zero-order valence-corrected chi connectivity index (χ0v) is 14.0. The molecule has 0 radical (unpaired) electrons. The van der Waals surface area contributed by atoms with Crippen LogP contribution in [-0.4, -0.2) is 13.0 Å². The minimum atomic E-state index is -4.42. The Balaban J connectivity index is 0.00000144. The standard InChI is InChI=1S/C12H12O3S.K/c1-8-6-11-9(2)4-3-5-10(11)12(7-8)16(13,14)15;/h3-7H,1-2H3,(H,13,14,15);/q;+1/p-1. The van der Waals surface area contributed by atoms with Crippen LogP contribution in [0.4, 0.5) is 0 Å². The zero-order chi connectivity index (χ0) is 11.9. The van der Waals surface area contributed by atoms with E-state index in [-0.39, 0.29) is 56.3 Å². The number of hydrogen-bond acceptors (Lipinski definition) is 3. The number of aryl methyl sites for hydroxylation is 2. The fourth-order valence-electron chi connectivity index (χ4n) is 1.85. The van der Waals surface area contributed by atoms with Gasteiger partial charge in [-0.1, -0.05) is 24.3 Å². The van der Waals surface area contributed by atoms with E-state index in [1.165, 1.54) is 6.07 Å². The Bertz CT molecular complexity index is 663. The number of hydrogen-bond donors (Lipinski definition) is 0. The quantitative estimate of drug-likeness (QED) is 0.514. The van der Waals surface area contributed by atoms with E-state index >= 15 is 0 Å². The molecule has 84 valence electrons. The van der Waals surface area contributed by atoms with Gasteiger partial charge in [-0.05, 0) is 41.8 Å². The largest absolute Gasteiger partial charge is 1.00 e. The summed E-state index contributed by atoms with van der Waals surface area (Å²) in [5, 5.41) is 1.32. The maximum atomic E-state index is 11.2. The van der Waals surface area contributed by atoms with Gasteiger partial charge in [0.05, 0.1) is 4.90 Å². The molecule has 0 aliphatic carbocycles. The summed E-state index contributed by atoms with van der Waals surface area (Å²) in [5.74, 6) is 0. The normalized spacial score (nSPS) is 11.2. The van der Waals surface area contributed by atoms with Crippen molar-refractivity contribution in [3.63, 3.8) is 0 Å². The van der Waals surface area contributed by atoms with Crippen LogP contribution in [0.3, 0.4) is 0 Å². The van der Waals surface area contributed by atoms with Crippen LogP contribution >= 0.6 is 0 Å². The minimum Gasteiger partial charge on any atom is -0.744 e. The number of rotatable bonds is 1. The molecule has 0 heterocycles. The van der Waals surface area contributed by atoms with Gasteiger partial charge in [-0.2, -0.15) is 0 Å². The van der Waals surface area contributed by atoms with Gasteiger partial charge in [-0.3, -0.25) is 0 Å². The van der Waals surface area contributed by atoms with Crippen molar-refractivity contribution in [2.75, 3.05) is 0 Å². The SMILES string of the molecule is Cc1cc(S(=O)(=O)[O-])c2cccc(C)c2c1.[K+]. The molecule has 2 aromatic carbocycles. The number of benzene rings is 2. The van der Waals surface area contributed by atoms with Gasteiger partial charge < -0.3 is 4.55 Å². The van der Waals surface area contributed by atoms with Crippen molar-refractivity contribution in [3.8, 4) is 0 Å². The van der Waals surface area contributed by atoms with Gasteiger partial charge in [0, 0.05) is 0 Å². The van der Waals surface area contributed by atoms with Crippen LogP contribution in [0.15, 0.2) is 35.2 Å². The molecule has 0 saturated carbocycles. The predicted octanol–water partition coefficient (Wildman–Crippen LogP) is -0.635. The molecule has 0 saturated heterocycles. The molecule has 3 nitrogen and oxygen atoms in total. The summed E-state index contributed by atoms with van der Waals surface area (Å²) in [7, 11) is -4.42. The molecule has 0 fully saturated rings. The van der Waals surface area contributed by atoms with E-state index in [0.29, 0.717) is 5.39 Å². The van der Waals surface area contributed by atoms with Gasteiger partial charge >= 0.3 is 51.4 Å². The number of fused-ring (bicyclic) bond motifs is 1. The maximum absolute atomic E-state index is 11.2. The summed E-state index contributed by atoms with van der Waals surface area (Å²) in [5.41, 5.74) is 1.74. The van der Waals surface area contributed by atoms with Crippen molar-refractivity contribution in [1.82, 2.24) is 0 Å². The van der Waals surface area contributed by atoms with Crippen LogP contribution in [-0.2, 0) is 10.1 Å². The van der Waals surface area contributed by atoms with E-state index in [1.807, 2.05) is 19.1 Å². The molecule has 0 aliphatic rings. The first-order chi connectivity index (χ1) is 7.39. The van der Waals surface area contributed by atoms with Gasteiger partial charge in [0.25, 0.3) is 0 Å². The Morgan fingerprint density at radius 1 is 1.06 bits per heavy atom. The summed E-state index contributed by atoms with van der Waals surface area (Å²) < 4.78 is 33.5. The van der Waals surface area contributed by atoms with E-state index < -0.39 is 10.1 Å². The average Bonchev–Trinajstić information content (AvgIpc) is 2.17. The van der Waals surface area contributed by atoms with Crippen molar-refractivity contribution in [2.45, 2.75) is 18.7 Å². The smallest absolute Gasteiger partial charge is 0.744 e. The second kappa shape index (κ2) is 5.48. The average molecular weight is 274 g/mol. The summed E-state index contributed by atoms with van der Waals surface area (Å²) in [4.78, 5) is -0.133. The molecule has 0 aromatic heterocycles. The minimum absolute atomic E-state index is 0. The monoisotopic (exact) mass is 274 g/mol. The second-order valence-corrected chi connectivity index (χ2v) is 5.24. The Labute approximate surface area is 143 Å². The van der Waals surface area contributed by atoms with E-state index in [0.717, 1.165) is 16.5 Å². The van der Waals surface area contributed by atoms with Crippen molar-refractivity contribution in [3.05, 3.63) is 41.5 Å². The Morgan fingerprint density at radius 3 is 2.29 bits per heavy atom. The fraction of sp³-hybridized carbons (Fsp3) is 0.167. The van der Waals surface area contributed by atoms with Crippen LogP contribution < -0.4 is 51.4 Å². The van der Waals surface area contributed by atoms with Crippen molar-refractivity contribution >= 4 is 20.9 Å². The molecule has 0 bridgehead atoms. The van der Waals surface area contributed by atoms with Gasteiger partial charge in [-0.25, -0.2) is 8.42 Å². The molecule has 2 rings (SSSR count). The molecule has 0 atom stereocenters.